The standard InChI is InChI=1S/C23H21N3O2S.ClH/c1-4-28-23(27)16-7-9-18(10-8-16)26-21-20-19(12-29-22(20)25-13-24-21)17-6-5-14(2)15(3)11-17;/h5-13H,4H2,1-3H3,(H,24,25,26);1H. The molecule has 0 fully saturated rings. The third-order valence-corrected chi connectivity index (χ3v) is 5.73. The number of nitrogens with zero attached hydrogens (tertiary/aromatic N) is 2. The minimum Gasteiger partial charge on any atom is -0.462 e. The average Bonchev–Trinajstić information content (AvgIpc) is 3.16. The number of nitrogens with one attached hydrogen (secondary N) is 1. The van der Waals surface area contributed by atoms with Crippen LogP contribution < -0.4 is 5.32 Å². The Labute approximate surface area is 185 Å². The monoisotopic (exact) mass is 439 g/mol. The van der Waals surface area contributed by atoms with Crippen LogP contribution in [0.5, 0.6) is 0 Å². The van der Waals surface area contributed by atoms with Gasteiger partial charge in [0.1, 0.15) is 17.0 Å². The van der Waals surface area contributed by atoms with Gasteiger partial charge >= 0.3 is 5.97 Å². The third kappa shape index (κ3) is 4.30. The summed E-state index contributed by atoms with van der Waals surface area (Å²) in [5.41, 5.74) is 6.15. The average molecular weight is 440 g/mol. The van der Waals surface area contributed by atoms with Crippen molar-refractivity contribution in [2.45, 2.75) is 20.8 Å². The molecular weight excluding hydrogens is 418 g/mol. The maximum Gasteiger partial charge on any atom is 0.338 e. The highest BCUT2D eigenvalue weighted by Crippen LogP contribution is 2.37. The van der Waals surface area contributed by atoms with Gasteiger partial charge in [0.2, 0.25) is 0 Å². The quantitative estimate of drug-likeness (QED) is 0.369. The molecule has 0 saturated heterocycles. The first-order valence-corrected chi connectivity index (χ1v) is 10.3. The van der Waals surface area contributed by atoms with Crippen molar-refractivity contribution in [3.8, 4) is 11.1 Å². The van der Waals surface area contributed by atoms with Gasteiger partial charge in [-0.1, -0.05) is 18.2 Å². The van der Waals surface area contributed by atoms with E-state index in [9.17, 15) is 4.79 Å². The Balaban J connectivity index is 0.00000256. The Morgan fingerprint density at radius 3 is 2.53 bits per heavy atom. The van der Waals surface area contributed by atoms with Crippen LogP contribution in [0, 0.1) is 13.8 Å². The molecular formula is C23H22ClN3O2S. The predicted octanol–water partition coefficient (Wildman–Crippen LogP) is 6.32. The summed E-state index contributed by atoms with van der Waals surface area (Å²) in [6.45, 7) is 6.38. The number of esters is 1. The molecule has 4 rings (SSSR count). The predicted molar refractivity (Wildman–Crippen MR) is 125 cm³/mol. The molecule has 0 atom stereocenters. The van der Waals surface area contributed by atoms with E-state index in [1.807, 2.05) is 12.1 Å². The lowest BCUT2D eigenvalue weighted by Crippen LogP contribution is -2.04. The van der Waals surface area contributed by atoms with E-state index in [0.29, 0.717) is 12.2 Å². The Kier molecular flexibility index (Phi) is 6.70. The second kappa shape index (κ2) is 9.24. The lowest BCUT2D eigenvalue weighted by Gasteiger charge is -2.10. The molecule has 5 nitrogen and oxygen atoms in total. The maximum atomic E-state index is 11.8. The number of rotatable bonds is 5. The highest BCUT2D eigenvalue weighted by atomic mass is 35.5. The van der Waals surface area contributed by atoms with Crippen LogP contribution in [0.4, 0.5) is 11.5 Å². The topological polar surface area (TPSA) is 64.1 Å². The number of fused-ring (bicyclic) bond motifs is 1. The van der Waals surface area contributed by atoms with Gasteiger partial charge in [0.25, 0.3) is 0 Å². The molecule has 154 valence electrons. The zero-order valence-electron chi connectivity index (χ0n) is 16.9. The summed E-state index contributed by atoms with van der Waals surface area (Å²) in [6.07, 6.45) is 1.57. The number of aryl methyl sites for hydroxylation is 2. The number of carbonyl (C=O) groups is 1. The van der Waals surface area contributed by atoms with E-state index in [1.54, 1.807) is 36.7 Å². The summed E-state index contributed by atoms with van der Waals surface area (Å²) in [4.78, 5) is 21.7. The lowest BCUT2D eigenvalue weighted by molar-refractivity contribution is 0.0526. The number of hydrogen-bond donors (Lipinski definition) is 1. The number of halogens is 1. The number of anilines is 2. The fourth-order valence-corrected chi connectivity index (χ4v) is 4.05. The molecule has 2 heterocycles. The third-order valence-electron chi connectivity index (χ3n) is 4.85. The van der Waals surface area contributed by atoms with Crippen molar-refractivity contribution < 1.29 is 9.53 Å². The molecule has 7 heteroatoms. The van der Waals surface area contributed by atoms with Crippen molar-refractivity contribution >= 4 is 51.4 Å². The van der Waals surface area contributed by atoms with Crippen molar-refractivity contribution in [3.63, 3.8) is 0 Å². The smallest absolute Gasteiger partial charge is 0.338 e. The zero-order valence-corrected chi connectivity index (χ0v) is 18.6. The Hall–Kier alpha value is -2.96. The van der Waals surface area contributed by atoms with Gasteiger partial charge in [-0.2, -0.15) is 0 Å². The largest absolute Gasteiger partial charge is 0.462 e. The number of thiophene rings is 1. The number of carbonyl (C=O) groups excluding carboxylic acids is 1. The highest BCUT2D eigenvalue weighted by molar-refractivity contribution is 7.17. The SMILES string of the molecule is CCOC(=O)c1ccc(Nc2ncnc3scc(-c4ccc(C)c(C)c4)c23)cc1.Cl. The van der Waals surface area contributed by atoms with E-state index in [0.717, 1.165) is 32.8 Å². The highest BCUT2D eigenvalue weighted by Gasteiger charge is 2.14. The summed E-state index contributed by atoms with van der Waals surface area (Å²) in [7, 11) is 0. The summed E-state index contributed by atoms with van der Waals surface area (Å²) < 4.78 is 5.04. The maximum absolute atomic E-state index is 11.8. The zero-order chi connectivity index (χ0) is 20.4. The van der Waals surface area contributed by atoms with Crippen LogP contribution in [0.25, 0.3) is 21.3 Å². The second-order valence-electron chi connectivity index (χ2n) is 6.77. The Bertz CT molecular complexity index is 1190. The molecule has 0 aliphatic rings. The molecule has 0 amide bonds. The lowest BCUT2D eigenvalue weighted by atomic mass is 10.0. The van der Waals surface area contributed by atoms with Gasteiger partial charge < -0.3 is 10.1 Å². The minimum atomic E-state index is -0.321. The van der Waals surface area contributed by atoms with Gasteiger partial charge in [-0.25, -0.2) is 14.8 Å². The molecule has 1 N–H and O–H groups in total. The Morgan fingerprint density at radius 2 is 1.83 bits per heavy atom. The number of aromatic nitrogens is 2. The van der Waals surface area contributed by atoms with Gasteiger partial charge in [-0.3, -0.25) is 0 Å². The molecule has 0 aliphatic carbocycles. The van der Waals surface area contributed by atoms with Crippen LogP contribution in [0.2, 0.25) is 0 Å². The number of ether oxygens (including phenoxy) is 1. The summed E-state index contributed by atoms with van der Waals surface area (Å²) in [6, 6.07) is 13.7. The molecule has 0 radical (unpaired) electrons. The van der Waals surface area contributed by atoms with E-state index >= 15 is 0 Å². The van der Waals surface area contributed by atoms with Gasteiger partial charge in [0, 0.05) is 16.6 Å². The van der Waals surface area contributed by atoms with Crippen LogP contribution in [0.1, 0.15) is 28.4 Å². The first kappa shape index (κ1) is 21.7. The van der Waals surface area contributed by atoms with Crippen LogP contribution >= 0.6 is 23.7 Å². The molecule has 0 unspecified atom stereocenters. The summed E-state index contributed by atoms with van der Waals surface area (Å²) >= 11 is 1.60. The van der Waals surface area contributed by atoms with Gasteiger partial charge in [0.05, 0.1) is 17.6 Å². The number of hydrogen-bond acceptors (Lipinski definition) is 6. The van der Waals surface area contributed by atoms with Gasteiger partial charge in [-0.15, -0.1) is 23.7 Å². The summed E-state index contributed by atoms with van der Waals surface area (Å²) in [5.74, 6) is 0.423. The molecule has 2 aromatic heterocycles. The second-order valence-corrected chi connectivity index (χ2v) is 7.63. The van der Waals surface area contributed by atoms with E-state index in [2.05, 4.69) is 52.7 Å². The van der Waals surface area contributed by atoms with Gasteiger partial charge in [0.15, 0.2) is 0 Å². The van der Waals surface area contributed by atoms with E-state index in [1.165, 1.54) is 11.1 Å². The Morgan fingerprint density at radius 1 is 1.07 bits per heavy atom. The molecule has 0 spiro atoms. The molecule has 2 aromatic carbocycles. The van der Waals surface area contributed by atoms with Crippen LogP contribution in [-0.4, -0.2) is 22.5 Å². The molecule has 0 saturated carbocycles. The van der Waals surface area contributed by atoms with Crippen molar-refractivity contribution in [1.82, 2.24) is 9.97 Å². The molecule has 30 heavy (non-hydrogen) atoms. The van der Waals surface area contributed by atoms with E-state index in [4.69, 9.17) is 4.74 Å². The van der Waals surface area contributed by atoms with Crippen molar-refractivity contribution in [2.75, 3.05) is 11.9 Å². The van der Waals surface area contributed by atoms with Gasteiger partial charge in [-0.05, 0) is 61.7 Å². The molecule has 0 bridgehead atoms. The molecule has 0 aliphatic heterocycles. The fourth-order valence-electron chi connectivity index (χ4n) is 3.13. The fraction of sp³-hybridized carbons (Fsp3) is 0.174. The summed E-state index contributed by atoms with van der Waals surface area (Å²) in [5, 5.41) is 6.49. The van der Waals surface area contributed by atoms with Crippen molar-refractivity contribution in [2.24, 2.45) is 0 Å². The van der Waals surface area contributed by atoms with E-state index < -0.39 is 0 Å². The van der Waals surface area contributed by atoms with Crippen LogP contribution in [-0.2, 0) is 4.74 Å². The normalized spacial score (nSPS) is 10.5. The van der Waals surface area contributed by atoms with Crippen molar-refractivity contribution in [3.05, 3.63) is 70.9 Å². The first-order valence-electron chi connectivity index (χ1n) is 9.41. The first-order chi connectivity index (χ1) is 14.1. The molecule has 4 aromatic rings. The van der Waals surface area contributed by atoms with Crippen molar-refractivity contribution in [1.29, 1.82) is 0 Å². The number of benzene rings is 2. The minimum absolute atomic E-state index is 0. The van der Waals surface area contributed by atoms with Crippen LogP contribution in [0.3, 0.4) is 0 Å². The van der Waals surface area contributed by atoms with Crippen LogP contribution in [0.15, 0.2) is 54.2 Å². The van der Waals surface area contributed by atoms with E-state index in [-0.39, 0.29) is 18.4 Å².